The second-order valence-corrected chi connectivity index (χ2v) is 9.17. The highest BCUT2D eigenvalue weighted by Crippen LogP contribution is 2.44. The van der Waals surface area contributed by atoms with Gasteiger partial charge in [-0.05, 0) is 24.6 Å². The normalized spacial score (nSPS) is 15.2. The van der Waals surface area contributed by atoms with Gasteiger partial charge in [-0.25, -0.2) is 0 Å². The third-order valence-corrected chi connectivity index (χ3v) is 6.73. The zero-order chi connectivity index (χ0) is 24.6. The number of hydrogen-bond donors (Lipinski definition) is 1. The Kier molecular flexibility index (Phi) is 5.53. The van der Waals surface area contributed by atoms with Gasteiger partial charge in [-0.15, -0.1) is 10.2 Å². The number of nitro benzene ring substituents is 1. The number of thioether (sulfide) groups is 1. The van der Waals surface area contributed by atoms with E-state index in [-0.39, 0.29) is 23.9 Å². The number of nitro groups is 1. The number of para-hydroxylation sites is 1. The summed E-state index contributed by atoms with van der Waals surface area (Å²) in [4.78, 5) is 16.1. The molecule has 0 unspecified atom stereocenters. The van der Waals surface area contributed by atoms with Crippen molar-refractivity contribution in [2.24, 2.45) is 0 Å². The van der Waals surface area contributed by atoms with Crippen LogP contribution in [-0.4, -0.2) is 26.9 Å². The first-order valence-corrected chi connectivity index (χ1v) is 12.1. The quantitative estimate of drug-likeness (QED) is 0.220. The molecule has 0 amide bonds. The van der Waals surface area contributed by atoms with Crippen molar-refractivity contribution in [3.8, 4) is 28.6 Å². The topological polar surface area (TPSA) is 122 Å². The van der Waals surface area contributed by atoms with Crippen LogP contribution in [-0.2, 0) is 5.75 Å². The van der Waals surface area contributed by atoms with E-state index in [1.807, 2.05) is 31.2 Å². The number of nitrogens with one attached hydrogen (secondary N) is 1. The van der Waals surface area contributed by atoms with E-state index in [1.165, 1.54) is 23.4 Å². The van der Waals surface area contributed by atoms with Crippen molar-refractivity contribution >= 4 is 23.1 Å². The number of benzene rings is 3. The fraction of sp³-hybridized carbons (Fsp3) is 0.160. The largest absolute Gasteiger partial charge is 0.454 e. The van der Waals surface area contributed by atoms with Gasteiger partial charge < -0.3 is 19.5 Å². The van der Waals surface area contributed by atoms with Crippen LogP contribution in [0.4, 0.5) is 11.4 Å². The number of rotatable bonds is 5. The molecule has 2 aliphatic rings. The average Bonchev–Trinajstić information content (AvgIpc) is 3.28. The van der Waals surface area contributed by atoms with Gasteiger partial charge in [-0.2, -0.15) is 4.98 Å². The number of aromatic nitrogens is 3. The first-order chi connectivity index (χ1) is 17.5. The minimum absolute atomic E-state index is 0.000723. The first kappa shape index (κ1) is 22.1. The lowest BCUT2D eigenvalue weighted by atomic mass is 10.1. The van der Waals surface area contributed by atoms with Crippen molar-refractivity contribution in [3.05, 3.63) is 87.5 Å². The molecule has 0 spiro atoms. The van der Waals surface area contributed by atoms with Crippen molar-refractivity contribution in [2.75, 3.05) is 12.1 Å². The molecule has 0 fully saturated rings. The Morgan fingerprint density at radius 2 is 1.86 bits per heavy atom. The Bertz CT molecular complexity index is 1480. The molecule has 2 aliphatic heterocycles. The molecule has 36 heavy (non-hydrogen) atoms. The molecule has 3 aromatic carbocycles. The molecule has 3 heterocycles. The van der Waals surface area contributed by atoms with E-state index in [0.29, 0.717) is 33.8 Å². The average molecular weight is 502 g/mol. The van der Waals surface area contributed by atoms with Crippen LogP contribution in [0.5, 0.6) is 17.4 Å². The number of hydrogen-bond acceptors (Lipinski definition) is 10. The maximum Gasteiger partial charge on any atom is 0.282 e. The molecule has 4 aromatic rings. The van der Waals surface area contributed by atoms with Crippen LogP contribution in [0.3, 0.4) is 0 Å². The van der Waals surface area contributed by atoms with Crippen LogP contribution >= 0.6 is 11.8 Å². The second-order valence-electron chi connectivity index (χ2n) is 8.23. The molecule has 1 N–H and O–H groups in total. The summed E-state index contributed by atoms with van der Waals surface area (Å²) in [6, 6.07) is 18.6. The second kappa shape index (κ2) is 9.00. The Hall–Kier alpha value is -4.38. The summed E-state index contributed by atoms with van der Waals surface area (Å²) in [5, 5.41) is 24.3. The summed E-state index contributed by atoms with van der Waals surface area (Å²) in [5.41, 5.74) is 4.30. The third-order valence-electron chi connectivity index (χ3n) is 5.82. The van der Waals surface area contributed by atoms with Gasteiger partial charge in [-0.3, -0.25) is 10.1 Å². The molecule has 1 atom stereocenters. The molecule has 11 heteroatoms. The SMILES string of the molecule is Cc1ccc(CSc2nnc3c(n2)O[C@@H](c2cc4c(cc2[N+](=O)[O-])OCO4)Nc2ccccc2-3)cc1. The van der Waals surface area contributed by atoms with E-state index in [1.54, 1.807) is 6.07 Å². The van der Waals surface area contributed by atoms with E-state index >= 15 is 0 Å². The zero-order valence-electron chi connectivity index (χ0n) is 19.0. The summed E-state index contributed by atoms with van der Waals surface area (Å²) in [6.07, 6.45) is -0.936. The lowest BCUT2D eigenvalue weighted by Crippen LogP contribution is -2.18. The van der Waals surface area contributed by atoms with Gasteiger partial charge in [0.25, 0.3) is 5.69 Å². The number of ether oxygens (including phenoxy) is 3. The zero-order valence-corrected chi connectivity index (χ0v) is 19.8. The van der Waals surface area contributed by atoms with Gasteiger partial charge in [-0.1, -0.05) is 59.8 Å². The van der Waals surface area contributed by atoms with Crippen LogP contribution in [0, 0.1) is 17.0 Å². The number of nitrogens with zero attached hydrogens (tertiary/aromatic N) is 4. The standard InChI is InChI=1S/C25H19N5O5S/c1-14-6-8-15(9-7-14)12-36-25-27-24-22(28-29-25)16-4-2-3-5-18(16)26-23(35-24)17-10-20-21(34-13-33-20)11-19(17)30(31)32/h2-11,23,26H,12-13H2,1H3/t23-/m0/s1. The summed E-state index contributed by atoms with van der Waals surface area (Å²) in [7, 11) is 0. The number of fused-ring (bicyclic) bond motifs is 4. The van der Waals surface area contributed by atoms with E-state index in [9.17, 15) is 10.1 Å². The summed E-state index contributed by atoms with van der Waals surface area (Å²) in [5.74, 6) is 1.62. The van der Waals surface area contributed by atoms with Crippen LogP contribution in [0.15, 0.2) is 65.8 Å². The van der Waals surface area contributed by atoms with E-state index in [0.717, 1.165) is 11.1 Å². The van der Waals surface area contributed by atoms with Crippen molar-refractivity contribution in [3.63, 3.8) is 0 Å². The molecular formula is C25H19N5O5S. The lowest BCUT2D eigenvalue weighted by molar-refractivity contribution is -0.386. The van der Waals surface area contributed by atoms with Gasteiger partial charge in [0, 0.05) is 17.0 Å². The van der Waals surface area contributed by atoms with Crippen molar-refractivity contribution in [1.82, 2.24) is 15.2 Å². The van der Waals surface area contributed by atoms with Crippen LogP contribution in [0.1, 0.15) is 22.9 Å². The minimum Gasteiger partial charge on any atom is -0.454 e. The Labute approximate surface area is 209 Å². The third kappa shape index (κ3) is 4.13. The molecule has 0 bridgehead atoms. The predicted octanol–water partition coefficient (Wildman–Crippen LogP) is 5.28. The van der Waals surface area contributed by atoms with Crippen LogP contribution < -0.4 is 19.5 Å². The molecule has 1 aromatic heterocycles. The van der Waals surface area contributed by atoms with Gasteiger partial charge in [0.2, 0.25) is 24.1 Å². The first-order valence-electron chi connectivity index (χ1n) is 11.1. The molecular weight excluding hydrogens is 482 g/mol. The van der Waals surface area contributed by atoms with Crippen molar-refractivity contribution in [1.29, 1.82) is 0 Å². The van der Waals surface area contributed by atoms with E-state index in [4.69, 9.17) is 14.2 Å². The van der Waals surface area contributed by atoms with E-state index in [2.05, 4.69) is 44.8 Å². The van der Waals surface area contributed by atoms with E-state index < -0.39 is 11.2 Å². The van der Waals surface area contributed by atoms with Crippen molar-refractivity contribution < 1.29 is 19.1 Å². The maximum absolute atomic E-state index is 11.9. The van der Waals surface area contributed by atoms with Crippen LogP contribution in [0.25, 0.3) is 11.3 Å². The maximum atomic E-state index is 11.9. The van der Waals surface area contributed by atoms with Crippen LogP contribution in [0.2, 0.25) is 0 Å². The summed E-state index contributed by atoms with van der Waals surface area (Å²) >= 11 is 1.43. The molecule has 180 valence electrons. The lowest BCUT2D eigenvalue weighted by Gasteiger charge is -2.19. The Morgan fingerprint density at radius 1 is 1.08 bits per heavy atom. The van der Waals surface area contributed by atoms with Crippen molar-refractivity contribution in [2.45, 2.75) is 24.1 Å². The highest BCUT2D eigenvalue weighted by Gasteiger charge is 2.33. The summed E-state index contributed by atoms with van der Waals surface area (Å²) in [6.45, 7) is 2.04. The predicted molar refractivity (Wildman–Crippen MR) is 132 cm³/mol. The Morgan fingerprint density at radius 3 is 2.67 bits per heavy atom. The fourth-order valence-corrected chi connectivity index (χ4v) is 4.73. The monoisotopic (exact) mass is 501 g/mol. The molecule has 6 rings (SSSR count). The molecule has 0 saturated carbocycles. The number of anilines is 1. The molecule has 0 saturated heterocycles. The van der Waals surface area contributed by atoms with Gasteiger partial charge >= 0.3 is 0 Å². The highest BCUT2D eigenvalue weighted by molar-refractivity contribution is 7.98. The van der Waals surface area contributed by atoms with Gasteiger partial charge in [0.1, 0.15) is 0 Å². The van der Waals surface area contributed by atoms with Gasteiger partial charge in [0.05, 0.1) is 16.6 Å². The fourth-order valence-electron chi connectivity index (χ4n) is 4.00. The number of aryl methyl sites for hydroxylation is 1. The van der Waals surface area contributed by atoms with Gasteiger partial charge in [0.15, 0.2) is 17.2 Å². The highest BCUT2D eigenvalue weighted by atomic mass is 32.2. The Balaban J connectivity index is 1.39. The molecule has 0 radical (unpaired) electrons. The smallest absolute Gasteiger partial charge is 0.282 e. The molecule has 10 nitrogen and oxygen atoms in total. The minimum atomic E-state index is -0.936. The molecule has 0 aliphatic carbocycles. The summed E-state index contributed by atoms with van der Waals surface area (Å²) < 4.78 is 17.0.